The molecule has 1 aliphatic heterocycles. The highest BCUT2D eigenvalue weighted by Crippen LogP contribution is 3.02. The highest BCUT2D eigenvalue weighted by molar-refractivity contribution is 8.45. The van der Waals surface area contributed by atoms with Crippen molar-refractivity contribution in [3.05, 3.63) is 72.3 Å². The quantitative estimate of drug-likeness (QED) is 0.297. The number of carbonyl (C=O) groups excluding carboxylic acids is 1. The lowest BCUT2D eigenvalue weighted by Crippen LogP contribution is -2.32. The predicted octanol–water partition coefficient (Wildman–Crippen LogP) is 7.70. The first-order valence-electron chi connectivity index (χ1n) is 12.0. The molecule has 0 unspecified atom stereocenters. The van der Waals surface area contributed by atoms with Gasteiger partial charge in [-0.15, -0.1) is 0 Å². The Bertz CT molecular complexity index is 1500. The third-order valence-corrected chi connectivity index (χ3v) is 10.5. The summed E-state index contributed by atoms with van der Waals surface area (Å²) in [7, 11) is -13.3. The second-order valence-electron chi connectivity index (χ2n) is 9.78. The molecule has 2 N–H and O–H groups in total. The van der Waals surface area contributed by atoms with Gasteiger partial charge in [-0.05, 0) is 84.8 Å². The van der Waals surface area contributed by atoms with Crippen LogP contribution in [0.3, 0.4) is 0 Å². The van der Waals surface area contributed by atoms with E-state index in [1.54, 1.807) is 24.3 Å². The van der Waals surface area contributed by atoms with Crippen LogP contribution in [0, 0.1) is 0 Å². The Labute approximate surface area is 217 Å². The van der Waals surface area contributed by atoms with Crippen LogP contribution in [0.15, 0.2) is 76.5 Å². The Morgan fingerprint density at radius 1 is 0.789 bits per heavy atom. The van der Waals surface area contributed by atoms with Gasteiger partial charge in [-0.1, -0.05) is 43.7 Å². The lowest BCUT2D eigenvalue weighted by atomic mass is 9.95. The maximum Gasteiger partial charge on any atom is 0.310 e. The van der Waals surface area contributed by atoms with Gasteiger partial charge < -0.3 is 10.6 Å². The molecular formula is C26H25F5N2O3S2. The summed E-state index contributed by atoms with van der Waals surface area (Å²) >= 11 is 0. The average Bonchev–Trinajstić information content (AvgIpc) is 3.22. The van der Waals surface area contributed by atoms with Crippen molar-refractivity contribution in [2.24, 2.45) is 0 Å². The molecule has 0 aromatic heterocycles. The van der Waals surface area contributed by atoms with Gasteiger partial charge in [0.15, 0.2) is 9.84 Å². The number of sulfone groups is 1. The molecule has 1 heterocycles. The number of benzene rings is 3. The van der Waals surface area contributed by atoms with Gasteiger partial charge in [0.1, 0.15) is 4.90 Å². The largest absolute Gasteiger partial charge is 0.382 e. The summed E-state index contributed by atoms with van der Waals surface area (Å²) in [6.07, 6.45) is 1.98. The number of rotatable bonds is 6. The summed E-state index contributed by atoms with van der Waals surface area (Å²) in [5.74, 6) is -0.0615. The summed E-state index contributed by atoms with van der Waals surface area (Å²) in [6.45, 7) is 0. The lowest BCUT2D eigenvalue weighted by molar-refractivity contribution is -0.115. The Kier molecular flexibility index (Phi) is 5.88. The van der Waals surface area contributed by atoms with E-state index in [0.29, 0.717) is 44.2 Å². The van der Waals surface area contributed by atoms with Crippen molar-refractivity contribution < 1.29 is 32.6 Å². The average molecular weight is 573 g/mol. The van der Waals surface area contributed by atoms with E-state index in [1.807, 2.05) is 18.2 Å². The van der Waals surface area contributed by atoms with Crippen LogP contribution in [0.25, 0.3) is 11.1 Å². The first kappa shape index (κ1) is 26.5. The summed E-state index contributed by atoms with van der Waals surface area (Å²) < 4.78 is 91.0. The van der Waals surface area contributed by atoms with E-state index >= 15 is 0 Å². The zero-order valence-electron chi connectivity index (χ0n) is 20.0. The molecule has 0 saturated heterocycles. The number of halogens is 5. The second-order valence-corrected chi connectivity index (χ2v) is 14.4. The fourth-order valence-electron chi connectivity index (χ4n) is 4.98. The zero-order valence-corrected chi connectivity index (χ0v) is 21.6. The van der Waals surface area contributed by atoms with Gasteiger partial charge in [0, 0.05) is 17.4 Å². The summed E-state index contributed by atoms with van der Waals surface area (Å²) in [5, 5.41) is 5.22. The summed E-state index contributed by atoms with van der Waals surface area (Å²) in [5.41, 5.74) is 3.62. The smallest absolute Gasteiger partial charge is 0.310 e. The molecule has 5 rings (SSSR count). The van der Waals surface area contributed by atoms with E-state index in [4.69, 9.17) is 0 Å². The van der Waals surface area contributed by atoms with Crippen molar-refractivity contribution in [1.29, 1.82) is 0 Å². The van der Waals surface area contributed by atoms with E-state index in [9.17, 15) is 32.6 Å². The van der Waals surface area contributed by atoms with Crippen molar-refractivity contribution in [3.63, 3.8) is 0 Å². The molecule has 1 saturated carbocycles. The Hall–Kier alpha value is -3.12. The molecule has 3 aromatic carbocycles. The summed E-state index contributed by atoms with van der Waals surface area (Å²) in [4.78, 5) is 9.85. The topological polar surface area (TPSA) is 75.3 Å². The van der Waals surface area contributed by atoms with E-state index < -0.39 is 30.2 Å². The molecular weight excluding hydrogens is 547 g/mol. The molecule has 1 fully saturated rings. The minimum Gasteiger partial charge on any atom is -0.382 e. The standard InChI is InChI=1S/C26H25F5N2O3S2/c27-38(28,29,30,31)24-13-7-21(8-14-24)32-20-5-11-23(12-6-20)37(35,36)22-9-3-17(4-10-22)18-1-2-19-16-26(34)33-25(19)15-18/h1-4,7-10,13-15,20,23,32H,5-6,11-12,16H2,(H,33,34). The fourth-order valence-corrected chi connectivity index (χ4v) is 7.43. The fraction of sp³-hybridized carbons (Fsp3) is 0.269. The first-order valence-corrected chi connectivity index (χ1v) is 15.5. The van der Waals surface area contributed by atoms with Crippen LogP contribution in [-0.4, -0.2) is 25.6 Å². The molecule has 0 bridgehead atoms. The van der Waals surface area contributed by atoms with Crippen LogP contribution in [0.1, 0.15) is 31.2 Å². The number of amides is 1. The van der Waals surface area contributed by atoms with Crippen molar-refractivity contribution in [2.75, 3.05) is 10.6 Å². The Balaban J connectivity index is 1.21. The molecule has 0 spiro atoms. The highest BCUT2D eigenvalue weighted by Gasteiger charge is 2.65. The predicted molar refractivity (Wildman–Crippen MR) is 139 cm³/mol. The number of fused-ring (bicyclic) bond motifs is 1. The van der Waals surface area contributed by atoms with Gasteiger partial charge in [0.05, 0.1) is 16.6 Å². The molecule has 0 radical (unpaired) electrons. The third kappa shape index (κ3) is 5.51. The van der Waals surface area contributed by atoms with Crippen LogP contribution in [-0.2, 0) is 21.1 Å². The maximum absolute atomic E-state index is 13.2. The molecule has 38 heavy (non-hydrogen) atoms. The van der Waals surface area contributed by atoms with E-state index in [-0.39, 0.29) is 22.5 Å². The first-order chi connectivity index (χ1) is 17.6. The van der Waals surface area contributed by atoms with Gasteiger partial charge in [-0.25, -0.2) is 8.42 Å². The van der Waals surface area contributed by atoms with E-state index in [2.05, 4.69) is 10.6 Å². The minimum atomic E-state index is -9.72. The maximum atomic E-state index is 13.2. The normalized spacial score (nSPS) is 21.7. The van der Waals surface area contributed by atoms with E-state index in [1.165, 1.54) is 0 Å². The van der Waals surface area contributed by atoms with Crippen LogP contribution >= 0.6 is 10.2 Å². The number of nitrogens with one attached hydrogen (secondary N) is 2. The van der Waals surface area contributed by atoms with Crippen LogP contribution < -0.4 is 10.6 Å². The minimum absolute atomic E-state index is 0.0615. The number of anilines is 2. The van der Waals surface area contributed by atoms with Crippen molar-refractivity contribution in [3.8, 4) is 11.1 Å². The molecule has 0 atom stereocenters. The SMILES string of the molecule is O=C1Cc2ccc(-c3ccc(S(=O)(=O)C4CCC(Nc5ccc(S(F)(F)(F)(F)F)cc5)CC4)cc3)cc2N1. The number of hydrogen-bond acceptors (Lipinski definition) is 4. The zero-order chi connectivity index (χ0) is 27.4. The van der Waals surface area contributed by atoms with Crippen LogP contribution in [0.2, 0.25) is 0 Å². The second kappa shape index (κ2) is 8.44. The highest BCUT2D eigenvalue weighted by atomic mass is 32.5. The van der Waals surface area contributed by atoms with Gasteiger partial charge in [0.2, 0.25) is 5.91 Å². The summed E-state index contributed by atoms with van der Waals surface area (Å²) in [6, 6.07) is 14.7. The molecule has 3 aromatic rings. The Morgan fingerprint density at radius 3 is 2.00 bits per heavy atom. The van der Waals surface area contributed by atoms with Gasteiger partial charge in [-0.3, -0.25) is 4.79 Å². The van der Waals surface area contributed by atoms with Gasteiger partial charge in [0.25, 0.3) is 0 Å². The van der Waals surface area contributed by atoms with Crippen molar-refractivity contribution in [1.82, 2.24) is 0 Å². The molecule has 204 valence electrons. The molecule has 1 aliphatic carbocycles. The van der Waals surface area contributed by atoms with Gasteiger partial charge in [-0.2, -0.15) is 0 Å². The van der Waals surface area contributed by atoms with Crippen LogP contribution in [0.5, 0.6) is 0 Å². The van der Waals surface area contributed by atoms with Gasteiger partial charge >= 0.3 is 10.2 Å². The van der Waals surface area contributed by atoms with Crippen LogP contribution in [0.4, 0.5) is 30.8 Å². The Morgan fingerprint density at radius 2 is 1.39 bits per heavy atom. The van der Waals surface area contributed by atoms with Crippen molar-refractivity contribution in [2.45, 2.75) is 53.2 Å². The number of hydrogen-bond donors (Lipinski definition) is 2. The molecule has 12 heteroatoms. The lowest BCUT2D eigenvalue weighted by Gasteiger charge is -2.40. The monoisotopic (exact) mass is 572 g/mol. The van der Waals surface area contributed by atoms with Crippen molar-refractivity contribution >= 4 is 37.3 Å². The third-order valence-electron chi connectivity index (χ3n) is 7.03. The number of carbonyl (C=O) groups is 1. The van der Waals surface area contributed by atoms with E-state index in [0.717, 1.165) is 34.5 Å². The molecule has 1 amide bonds. The molecule has 5 nitrogen and oxygen atoms in total. The molecule has 2 aliphatic rings.